The number of methoxy groups -OCH3 is 1. The van der Waals surface area contributed by atoms with E-state index in [0.717, 1.165) is 31.6 Å². The Morgan fingerprint density at radius 1 is 1.14 bits per heavy atom. The second kappa shape index (κ2) is 12.8. The number of hydrogen-bond donors (Lipinski definition) is 4. The first-order valence-corrected chi connectivity index (χ1v) is 15.5. The van der Waals surface area contributed by atoms with Crippen LogP contribution in [-0.4, -0.2) is 58.1 Å². The van der Waals surface area contributed by atoms with Gasteiger partial charge in [-0.05, 0) is 98.1 Å². The van der Waals surface area contributed by atoms with Crippen LogP contribution in [0.3, 0.4) is 0 Å². The SMILES string of the molecule is COc1ncnc(NC2CC3(C2)CC(C(=O)O)C3)c1C(=O)NC1C2CCC(C2)C1C.O=CNc1cccc(SC(F)(F)F)c1. The van der Waals surface area contributed by atoms with Gasteiger partial charge in [-0.15, -0.1) is 0 Å². The summed E-state index contributed by atoms with van der Waals surface area (Å²) in [4.78, 5) is 42.9. The number of aromatic nitrogens is 2. The molecule has 2 amide bonds. The fourth-order valence-electron chi connectivity index (χ4n) is 7.52. The normalized spacial score (nSPS) is 29.8. The molecule has 4 saturated carbocycles. The Balaban J connectivity index is 0.000000232. The number of halogens is 3. The fourth-order valence-corrected chi connectivity index (χ4v) is 8.12. The summed E-state index contributed by atoms with van der Waals surface area (Å²) in [6, 6.07) is 5.92. The highest BCUT2D eigenvalue weighted by Gasteiger charge is 2.55. The molecule has 1 aromatic heterocycles. The maximum Gasteiger partial charge on any atom is 0.446 e. The number of amides is 2. The smallest absolute Gasteiger partial charge is 0.446 e. The number of carboxylic acids is 1. The number of aliphatic carboxylic acids is 1. The molecule has 0 aliphatic heterocycles. The Hall–Kier alpha value is -3.55. The zero-order valence-electron chi connectivity index (χ0n) is 24.4. The van der Waals surface area contributed by atoms with Gasteiger partial charge in [-0.3, -0.25) is 14.4 Å². The molecule has 2 bridgehead atoms. The molecular weight excluding hydrogens is 599 g/mol. The number of fused-ring (bicyclic) bond motifs is 2. The average Bonchev–Trinajstić information content (AvgIpc) is 3.51. The third-order valence-electron chi connectivity index (χ3n) is 9.56. The van der Waals surface area contributed by atoms with Crippen LogP contribution in [-0.2, 0) is 9.59 Å². The summed E-state index contributed by atoms with van der Waals surface area (Å²) in [6.07, 6.45) is 8.83. The van der Waals surface area contributed by atoms with Gasteiger partial charge in [0.25, 0.3) is 5.91 Å². The van der Waals surface area contributed by atoms with Crippen LogP contribution in [0, 0.1) is 29.1 Å². The minimum atomic E-state index is -4.31. The molecule has 4 atom stereocenters. The van der Waals surface area contributed by atoms with Gasteiger partial charge >= 0.3 is 11.5 Å². The summed E-state index contributed by atoms with van der Waals surface area (Å²) < 4.78 is 41.2. The number of carbonyl (C=O) groups is 3. The van der Waals surface area contributed by atoms with E-state index in [0.29, 0.717) is 35.3 Å². The molecule has 4 fully saturated rings. The predicted octanol–water partition coefficient (Wildman–Crippen LogP) is 5.57. The Morgan fingerprint density at radius 3 is 2.48 bits per heavy atom. The van der Waals surface area contributed by atoms with Crippen LogP contribution in [0.25, 0.3) is 0 Å². The standard InChI is InChI=1S/C22H30N4O4.C8H6F3NOS/c1-11-12-3-4-13(5-12)17(11)26-19(27)16-18(23-10-24-20(16)30-2)25-15-8-22(9-15)6-14(7-22)21(28)29;9-8(10,11)14-7-3-1-2-6(4-7)12-5-13/h10-15,17H,3-9H2,1-2H3,(H,26,27)(H,28,29)(H,23,24,25);1-5H,(H,12,13). The number of rotatable bonds is 9. The van der Waals surface area contributed by atoms with Gasteiger partial charge in [0.1, 0.15) is 17.7 Å². The fraction of sp³-hybridized carbons (Fsp3) is 0.567. The molecule has 4 aliphatic rings. The third-order valence-corrected chi connectivity index (χ3v) is 10.3. The van der Waals surface area contributed by atoms with Crippen LogP contribution in [0.4, 0.5) is 24.7 Å². The van der Waals surface area contributed by atoms with Crippen molar-refractivity contribution >= 4 is 41.6 Å². The van der Waals surface area contributed by atoms with Crippen molar-refractivity contribution in [1.82, 2.24) is 15.3 Å². The molecule has 1 aromatic carbocycles. The number of hydrogen-bond acceptors (Lipinski definition) is 8. The van der Waals surface area contributed by atoms with E-state index < -0.39 is 11.5 Å². The van der Waals surface area contributed by atoms with Crippen LogP contribution in [0.1, 0.15) is 62.2 Å². The van der Waals surface area contributed by atoms with Gasteiger partial charge in [0.05, 0.1) is 13.0 Å². The van der Waals surface area contributed by atoms with Gasteiger partial charge in [-0.25, -0.2) is 9.97 Å². The number of benzene rings is 1. The minimum absolute atomic E-state index is 0.0457. The molecular formula is C30H36F3N5O5S. The van der Waals surface area contributed by atoms with Crippen LogP contribution >= 0.6 is 11.8 Å². The molecule has 0 radical (unpaired) electrons. The lowest BCUT2D eigenvalue weighted by Gasteiger charge is -2.56. The molecule has 4 aliphatic carbocycles. The largest absolute Gasteiger partial charge is 0.481 e. The lowest BCUT2D eigenvalue weighted by atomic mass is 9.50. The summed E-state index contributed by atoms with van der Waals surface area (Å²) in [6.45, 7) is 2.24. The highest BCUT2D eigenvalue weighted by Crippen LogP contribution is 2.59. The van der Waals surface area contributed by atoms with Crippen molar-refractivity contribution < 1.29 is 37.4 Å². The number of anilines is 2. The van der Waals surface area contributed by atoms with Crippen molar-refractivity contribution in [1.29, 1.82) is 0 Å². The molecule has 1 spiro atoms. The molecule has 2 aromatic rings. The first-order valence-electron chi connectivity index (χ1n) is 14.7. The lowest BCUT2D eigenvalue weighted by Crippen LogP contribution is -2.54. The van der Waals surface area contributed by atoms with Gasteiger partial charge in [-0.2, -0.15) is 13.2 Å². The van der Waals surface area contributed by atoms with E-state index in [4.69, 9.17) is 9.84 Å². The van der Waals surface area contributed by atoms with Crippen molar-refractivity contribution in [2.75, 3.05) is 17.7 Å². The molecule has 44 heavy (non-hydrogen) atoms. The number of nitrogens with one attached hydrogen (secondary N) is 3. The lowest BCUT2D eigenvalue weighted by molar-refractivity contribution is -0.154. The van der Waals surface area contributed by atoms with E-state index in [1.165, 1.54) is 57.0 Å². The van der Waals surface area contributed by atoms with Gasteiger partial charge in [-0.1, -0.05) is 13.0 Å². The minimum Gasteiger partial charge on any atom is -0.481 e. The van der Waals surface area contributed by atoms with Crippen LogP contribution in [0.15, 0.2) is 35.5 Å². The van der Waals surface area contributed by atoms with Gasteiger partial charge in [0.2, 0.25) is 12.3 Å². The molecule has 4 unspecified atom stereocenters. The topological polar surface area (TPSA) is 143 Å². The van der Waals surface area contributed by atoms with Crippen LogP contribution in [0.2, 0.25) is 0 Å². The summed E-state index contributed by atoms with van der Waals surface area (Å²) in [5.41, 5.74) is -3.44. The summed E-state index contributed by atoms with van der Waals surface area (Å²) in [5.74, 6) is 1.49. The second-order valence-electron chi connectivity index (χ2n) is 12.3. The summed E-state index contributed by atoms with van der Waals surface area (Å²) in [7, 11) is 1.52. The van der Waals surface area contributed by atoms with E-state index in [9.17, 15) is 27.6 Å². The quantitative estimate of drug-likeness (QED) is 0.205. The zero-order chi connectivity index (χ0) is 31.6. The Bertz CT molecular complexity index is 1380. The van der Waals surface area contributed by atoms with Gasteiger partial charge < -0.3 is 25.8 Å². The first kappa shape index (κ1) is 31.9. The third kappa shape index (κ3) is 7.05. The van der Waals surface area contributed by atoms with Crippen molar-refractivity contribution in [3.8, 4) is 5.88 Å². The van der Waals surface area contributed by atoms with Crippen molar-refractivity contribution in [3.63, 3.8) is 0 Å². The molecule has 1 heterocycles. The second-order valence-corrected chi connectivity index (χ2v) is 13.5. The van der Waals surface area contributed by atoms with Gasteiger partial charge in [0, 0.05) is 22.7 Å². The number of alkyl halides is 3. The Kier molecular flexibility index (Phi) is 9.28. The Labute approximate surface area is 257 Å². The highest BCUT2D eigenvalue weighted by molar-refractivity contribution is 8.00. The maximum absolute atomic E-state index is 13.2. The number of nitrogens with zero attached hydrogens (tertiary/aromatic N) is 2. The monoisotopic (exact) mass is 635 g/mol. The van der Waals surface area contributed by atoms with E-state index in [2.05, 4.69) is 32.8 Å². The van der Waals surface area contributed by atoms with Crippen molar-refractivity contribution in [2.45, 2.75) is 74.4 Å². The predicted molar refractivity (Wildman–Crippen MR) is 157 cm³/mol. The van der Waals surface area contributed by atoms with Crippen molar-refractivity contribution in [3.05, 3.63) is 36.2 Å². The molecule has 4 N–H and O–H groups in total. The van der Waals surface area contributed by atoms with E-state index in [1.54, 1.807) is 0 Å². The van der Waals surface area contributed by atoms with E-state index >= 15 is 0 Å². The number of thioether (sulfide) groups is 1. The molecule has 238 valence electrons. The average molecular weight is 636 g/mol. The van der Waals surface area contributed by atoms with E-state index in [-0.39, 0.29) is 51.9 Å². The first-order chi connectivity index (χ1) is 20.9. The summed E-state index contributed by atoms with van der Waals surface area (Å²) >= 11 is -0.215. The van der Waals surface area contributed by atoms with Crippen LogP contribution < -0.4 is 20.7 Å². The summed E-state index contributed by atoms with van der Waals surface area (Å²) in [5, 5.41) is 18.1. The number of ether oxygens (including phenoxy) is 1. The molecule has 10 nitrogen and oxygen atoms in total. The van der Waals surface area contributed by atoms with Crippen molar-refractivity contribution in [2.24, 2.45) is 29.1 Å². The zero-order valence-corrected chi connectivity index (χ0v) is 25.2. The maximum atomic E-state index is 13.2. The molecule has 14 heteroatoms. The van der Waals surface area contributed by atoms with Crippen LogP contribution in [0.5, 0.6) is 5.88 Å². The molecule has 0 saturated heterocycles. The van der Waals surface area contributed by atoms with E-state index in [1.807, 2.05) is 0 Å². The highest BCUT2D eigenvalue weighted by atomic mass is 32.2. The molecule has 6 rings (SSSR count). The number of carbonyl (C=O) groups excluding carboxylic acids is 2. The number of carboxylic acid groups (broad SMARTS) is 1. The van der Waals surface area contributed by atoms with Gasteiger partial charge in [0.15, 0.2) is 0 Å². The Morgan fingerprint density at radius 2 is 1.86 bits per heavy atom.